The van der Waals surface area contributed by atoms with E-state index in [-0.39, 0.29) is 0 Å². The molecular weight excluding hydrogens is 216 g/mol. The Balaban J connectivity index is 2.42. The van der Waals surface area contributed by atoms with Gasteiger partial charge in [-0.3, -0.25) is 0 Å². The summed E-state index contributed by atoms with van der Waals surface area (Å²) in [7, 11) is 0. The molecule has 0 saturated carbocycles. The van der Waals surface area contributed by atoms with Gasteiger partial charge in [0.25, 0.3) is 4.80 Å². The SMILES string of the molecule is CSCCc1nnc(Br)o1. The molecule has 1 rings (SSSR count). The summed E-state index contributed by atoms with van der Waals surface area (Å²) in [6.07, 6.45) is 2.89. The van der Waals surface area contributed by atoms with Gasteiger partial charge in [0.05, 0.1) is 0 Å². The molecule has 3 nitrogen and oxygen atoms in total. The van der Waals surface area contributed by atoms with Gasteiger partial charge in [0.2, 0.25) is 5.89 Å². The van der Waals surface area contributed by atoms with E-state index in [1.54, 1.807) is 11.8 Å². The molecule has 0 aliphatic rings. The fraction of sp³-hybridized carbons (Fsp3) is 0.600. The summed E-state index contributed by atoms with van der Waals surface area (Å²) in [4.78, 5) is 0.462. The minimum atomic E-state index is 0.462. The van der Waals surface area contributed by atoms with E-state index in [1.807, 2.05) is 6.26 Å². The van der Waals surface area contributed by atoms with Crippen LogP contribution in [0.2, 0.25) is 0 Å². The van der Waals surface area contributed by atoms with E-state index >= 15 is 0 Å². The van der Waals surface area contributed by atoms with Gasteiger partial charge in [-0.05, 0) is 6.26 Å². The van der Waals surface area contributed by atoms with Gasteiger partial charge >= 0.3 is 0 Å². The van der Waals surface area contributed by atoms with Crippen molar-refractivity contribution in [3.05, 3.63) is 10.7 Å². The first-order valence-corrected chi connectivity index (χ1v) is 4.98. The Labute approximate surface area is 71.7 Å². The van der Waals surface area contributed by atoms with Gasteiger partial charge in [-0.25, -0.2) is 0 Å². The van der Waals surface area contributed by atoms with Crippen LogP contribution in [0.4, 0.5) is 0 Å². The minimum absolute atomic E-state index is 0.462. The maximum absolute atomic E-state index is 5.07. The van der Waals surface area contributed by atoms with Crippen LogP contribution in [0.5, 0.6) is 0 Å². The molecule has 5 heteroatoms. The third-order valence-electron chi connectivity index (χ3n) is 0.962. The van der Waals surface area contributed by atoms with Crippen LogP contribution in [-0.2, 0) is 6.42 Å². The maximum atomic E-state index is 5.07. The van der Waals surface area contributed by atoms with Crippen molar-refractivity contribution in [2.75, 3.05) is 12.0 Å². The highest BCUT2D eigenvalue weighted by atomic mass is 79.9. The second-order valence-electron chi connectivity index (χ2n) is 1.69. The average Bonchev–Trinajstić information content (AvgIpc) is 2.31. The lowest BCUT2D eigenvalue weighted by Crippen LogP contribution is -1.86. The van der Waals surface area contributed by atoms with Crippen molar-refractivity contribution in [3.63, 3.8) is 0 Å². The van der Waals surface area contributed by atoms with Crippen molar-refractivity contribution in [1.82, 2.24) is 10.2 Å². The molecule has 0 radical (unpaired) electrons. The number of hydrogen-bond donors (Lipinski definition) is 0. The molecular formula is C5H7BrN2OS. The predicted octanol–water partition coefficient (Wildman–Crippen LogP) is 1.74. The number of thioether (sulfide) groups is 1. The zero-order valence-electron chi connectivity index (χ0n) is 5.50. The van der Waals surface area contributed by atoms with Crippen molar-refractivity contribution < 1.29 is 4.42 Å². The van der Waals surface area contributed by atoms with Crippen molar-refractivity contribution in [2.45, 2.75) is 6.42 Å². The second-order valence-corrected chi connectivity index (χ2v) is 3.36. The topological polar surface area (TPSA) is 38.9 Å². The molecule has 0 aliphatic carbocycles. The second kappa shape index (κ2) is 3.98. The summed E-state index contributed by atoms with van der Waals surface area (Å²) in [5, 5.41) is 7.44. The van der Waals surface area contributed by atoms with Gasteiger partial charge < -0.3 is 4.42 Å². The summed E-state index contributed by atoms with van der Waals surface area (Å²) in [6.45, 7) is 0. The van der Waals surface area contributed by atoms with Crippen molar-refractivity contribution in [1.29, 1.82) is 0 Å². The zero-order valence-corrected chi connectivity index (χ0v) is 7.91. The molecule has 10 heavy (non-hydrogen) atoms. The molecule has 0 aliphatic heterocycles. The Morgan fingerprint density at radius 3 is 2.90 bits per heavy atom. The number of rotatable bonds is 3. The van der Waals surface area contributed by atoms with E-state index in [9.17, 15) is 0 Å². The fourth-order valence-electron chi connectivity index (χ4n) is 0.524. The number of aryl methyl sites for hydroxylation is 1. The number of halogens is 1. The molecule has 1 aromatic heterocycles. The summed E-state index contributed by atoms with van der Waals surface area (Å²) in [6, 6.07) is 0. The lowest BCUT2D eigenvalue weighted by molar-refractivity contribution is 0.479. The molecule has 0 saturated heterocycles. The molecule has 0 atom stereocenters. The van der Waals surface area contributed by atoms with Crippen LogP contribution in [-0.4, -0.2) is 22.2 Å². The Bertz CT molecular complexity index is 203. The summed E-state index contributed by atoms with van der Waals surface area (Å²) >= 11 is 4.84. The van der Waals surface area contributed by atoms with Gasteiger partial charge in [0.15, 0.2) is 0 Å². The highest BCUT2D eigenvalue weighted by Gasteiger charge is 2.00. The molecule has 0 aromatic carbocycles. The Morgan fingerprint density at radius 1 is 1.60 bits per heavy atom. The van der Waals surface area contributed by atoms with Crippen LogP contribution in [0.1, 0.15) is 5.89 Å². The number of aromatic nitrogens is 2. The Kier molecular flexibility index (Phi) is 3.21. The van der Waals surface area contributed by atoms with Crippen LogP contribution in [0.3, 0.4) is 0 Å². The smallest absolute Gasteiger partial charge is 0.284 e. The Morgan fingerprint density at radius 2 is 2.40 bits per heavy atom. The number of nitrogens with zero attached hydrogens (tertiary/aromatic N) is 2. The van der Waals surface area contributed by atoms with Gasteiger partial charge in [-0.1, -0.05) is 0 Å². The van der Waals surface area contributed by atoms with Crippen molar-refractivity contribution >= 4 is 27.7 Å². The van der Waals surface area contributed by atoms with Crippen LogP contribution < -0.4 is 0 Å². The van der Waals surface area contributed by atoms with Crippen LogP contribution in [0.15, 0.2) is 9.22 Å². The standard InChI is InChI=1S/C5H7BrN2OS/c1-10-3-2-4-7-8-5(6)9-4/h2-3H2,1H3. The minimum Gasteiger partial charge on any atom is -0.416 e. The molecule has 1 heterocycles. The van der Waals surface area contributed by atoms with E-state index in [1.165, 1.54) is 0 Å². The zero-order chi connectivity index (χ0) is 7.40. The molecule has 0 amide bonds. The summed E-state index contributed by atoms with van der Waals surface area (Å²) < 4.78 is 5.07. The van der Waals surface area contributed by atoms with Gasteiger partial charge in [0, 0.05) is 28.1 Å². The van der Waals surface area contributed by atoms with Crippen LogP contribution in [0.25, 0.3) is 0 Å². The fourth-order valence-corrected chi connectivity index (χ4v) is 1.17. The quantitative estimate of drug-likeness (QED) is 0.782. The highest BCUT2D eigenvalue weighted by Crippen LogP contribution is 2.08. The van der Waals surface area contributed by atoms with Gasteiger partial charge in [-0.2, -0.15) is 11.8 Å². The first-order valence-electron chi connectivity index (χ1n) is 2.79. The molecule has 0 spiro atoms. The largest absolute Gasteiger partial charge is 0.416 e. The van der Waals surface area contributed by atoms with Crippen molar-refractivity contribution in [3.8, 4) is 0 Å². The summed E-state index contributed by atoms with van der Waals surface area (Å²) in [5.41, 5.74) is 0. The lowest BCUT2D eigenvalue weighted by atomic mass is 10.5. The number of hydrogen-bond acceptors (Lipinski definition) is 4. The highest BCUT2D eigenvalue weighted by molar-refractivity contribution is 9.10. The van der Waals surface area contributed by atoms with E-state index < -0.39 is 0 Å². The van der Waals surface area contributed by atoms with E-state index in [2.05, 4.69) is 26.1 Å². The molecule has 56 valence electrons. The third-order valence-corrected chi connectivity index (χ3v) is 1.90. The van der Waals surface area contributed by atoms with Crippen LogP contribution >= 0.6 is 27.7 Å². The van der Waals surface area contributed by atoms with Crippen LogP contribution in [0, 0.1) is 0 Å². The monoisotopic (exact) mass is 222 g/mol. The molecule has 0 fully saturated rings. The first-order chi connectivity index (χ1) is 4.83. The lowest BCUT2D eigenvalue weighted by Gasteiger charge is -1.87. The van der Waals surface area contributed by atoms with E-state index in [0.29, 0.717) is 10.7 Å². The van der Waals surface area contributed by atoms with E-state index in [0.717, 1.165) is 12.2 Å². The molecule has 1 aromatic rings. The third kappa shape index (κ3) is 2.30. The summed E-state index contributed by atoms with van der Waals surface area (Å²) in [5.74, 6) is 1.72. The van der Waals surface area contributed by atoms with E-state index in [4.69, 9.17) is 4.42 Å². The molecule has 0 bridgehead atoms. The Hall–Kier alpha value is -0.0300. The molecule has 0 N–H and O–H groups in total. The van der Waals surface area contributed by atoms with Gasteiger partial charge in [-0.15, -0.1) is 10.2 Å². The average molecular weight is 223 g/mol. The first kappa shape index (κ1) is 8.07. The normalized spacial score (nSPS) is 10.2. The van der Waals surface area contributed by atoms with Crippen molar-refractivity contribution in [2.24, 2.45) is 0 Å². The predicted molar refractivity (Wildman–Crippen MR) is 44.1 cm³/mol. The molecule has 0 unspecified atom stereocenters. The maximum Gasteiger partial charge on any atom is 0.284 e. The van der Waals surface area contributed by atoms with Gasteiger partial charge in [0.1, 0.15) is 0 Å².